The number of allylic oxidation sites excluding steroid dienone is 6. The molecule has 0 fully saturated rings. The number of hydrogen-bond donors (Lipinski definition) is 0. The van der Waals surface area contributed by atoms with Crippen LogP contribution in [0.5, 0.6) is 0 Å². The minimum absolute atomic E-state index is 0.713. The fourth-order valence-electron chi connectivity index (χ4n) is 3.55. The van der Waals surface area contributed by atoms with E-state index in [1.807, 2.05) is 0 Å². The number of rotatable bonds is 6. The highest BCUT2D eigenvalue weighted by Gasteiger charge is 2.40. The van der Waals surface area contributed by atoms with Crippen molar-refractivity contribution in [2.24, 2.45) is 0 Å². The van der Waals surface area contributed by atoms with Crippen LogP contribution in [-0.2, 0) is 0 Å². The minimum atomic E-state index is -1.35. The fourth-order valence-corrected chi connectivity index (χ4v) is 12.4. The first kappa shape index (κ1) is 16.4. The van der Waals surface area contributed by atoms with Gasteiger partial charge in [0, 0.05) is 0 Å². The predicted molar refractivity (Wildman–Crippen MR) is 95.2 cm³/mol. The fraction of sp³-hybridized carbons (Fsp3) is 0.529. The van der Waals surface area contributed by atoms with Crippen LogP contribution >= 0.6 is 0 Å². The quantitative estimate of drug-likeness (QED) is 0.418. The van der Waals surface area contributed by atoms with Crippen LogP contribution in [0.4, 0.5) is 0 Å². The smallest absolute Gasteiger partial charge is 0.0798 e. The maximum absolute atomic E-state index is 4.14. The Balaban J connectivity index is 2.98. The van der Waals surface area contributed by atoms with Gasteiger partial charge in [-0.3, -0.25) is 0 Å². The molecule has 0 saturated heterocycles. The summed E-state index contributed by atoms with van der Waals surface area (Å²) in [5.74, 6) is 0. The normalized spacial score (nSPS) is 19.5. The topological polar surface area (TPSA) is 0 Å². The standard InChI is InChI=1S/C17H30Si2/c1-14(2)12-18(5,6)16-10-9-11-17(16)19(7,8)13-15(3)4/h9-11,16H,1,3,12-13H2,2,4-8H3. The molecule has 0 aromatic heterocycles. The van der Waals surface area contributed by atoms with E-state index >= 15 is 0 Å². The monoisotopic (exact) mass is 290 g/mol. The van der Waals surface area contributed by atoms with Crippen molar-refractivity contribution in [3.8, 4) is 0 Å². The first-order valence-corrected chi connectivity index (χ1v) is 13.7. The maximum atomic E-state index is 4.14. The van der Waals surface area contributed by atoms with E-state index in [0.717, 1.165) is 0 Å². The van der Waals surface area contributed by atoms with Gasteiger partial charge in [-0.05, 0) is 31.5 Å². The van der Waals surface area contributed by atoms with Crippen molar-refractivity contribution >= 4 is 16.1 Å². The Bertz CT molecular complexity index is 436. The summed E-state index contributed by atoms with van der Waals surface area (Å²) in [6, 6.07) is 2.45. The van der Waals surface area contributed by atoms with E-state index in [4.69, 9.17) is 0 Å². The molecule has 1 aliphatic carbocycles. The van der Waals surface area contributed by atoms with E-state index in [-0.39, 0.29) is 0 Å². The molecule has 0 spiro atoms. The molecule has 0 amide bonds. The Morgan fingerprint density at radius 3 is 2.05 bits per heavy atom. The second-order valence-corrected chi connectivity index (χ2v) is 17.3. The molecule has 0 aromatic rings. The van der Waals surface area contributed by atoms with Crippen LogP contribution < -0.4 is 0 Å². The van der Waals surface area contributed by atoms with Gasteiger partial charge in [-0.1, -0.05) is 60.8 Å². The van der Waals surface area contributed by atoms with Crippen molar-refractivity contribution in [3.05, 3.63) is 47.7 Å². The van der Waals surface area contributed by atoms with Crippen LogP contribution in [-0.4, -0.2) is 16.1 Å². The summed E-state index contributed by atoms with van der Waals surface area (Å²) in [6.07, 6.45) is 7.16. The molecule has 1 rings (SSSR count). The van der Waals surface area contributed by atoms with Gasteiger partial charge in [-0.15, -0.1) is 13.2 Å². The SMILES string of the molecule is C=C(C)C[Si](C)(C)C1=CC=CC1[Si](C)(C)CC(=C)C. The Labute approximate surface area is 122 Å². The van der Waals surface area contributed by atoms with Crippen molar-refractivity contribution in [2.75, 3.05) is 0 Å². The summed E-state index contributed by atoms with van der Waals surface area (Å²) in [5.41, 5.74) is 3.39. The molecule has 0 aliphatic heterocycles. The molecule has 106 valence electrons. The first-order valence-electron chi connectivity index (χ1n) is 7.24. The maximum Gasteiger partial charge on any atom is 0.0798 e. The number of hydrogen-bond acceptors (Lipinski definition) is 0. The van der Waals surface area contributed by atoms with Crippen LogP contribution in [0.2, 0.25) is 43.8 Å². The van der Waals surface area contributed by atoms with Crippen molar-refractivity contribution < 1.29 is 0 Å². The summed E-state index contributed by atoms with van der Waals surface area (Å²) >= 11 is 0. The Morgan fingerprint density at radius 2 is 1.58 bits per heavy atom. The third kappa shape index (κ3) is 4.18. The highest BCUT2D eigenvalue weighted by Crippen LogP contribution is 2.44. The summed E-state index contributed by atoms with van der Waals surface area (Å²) in [5, 5.41) is 1.74. The summed E-state index contributed by atoms with van der Waals surface area (Å²) in [4.78, 5) is 0. The predicted octanol–water partition coefficient (Wildman–Crippen LogP) is 5.96. The van der Waals surface area contributed by atoms with E-state index in [1.165, 1.54) is 23.2 Å². The lowest BCUT2D eigenvalue weighted by Gasteiger charge is -2.37. The van der Waals surface area contributed by atoms with E-state index in [2.05, 4.69) is 71.4 Å². The Morgan fingerprint density at radius 1 is 1.05 bits per heavy atom. The second kappa shape index (κ2) is 5.80. The molecule has 0 bridgehead atoms. The molecule has 1 atom stereocenters. The van der Waals surface area contributed by atoms with Gasteiger partial charge in [-0.2, -0.15) is 0 Å². The molecule has 1 aliphatic rings. The summed E-state index contributed by atoms with van der Waals surface area (Å²) < 4.78 is 0. The average Bonchev–Trinajstić information content (AvgIpc) is 2.61. The molecular formula is C17H30Si2. The van der Waals surface area contributed by atoms with Gasteiger partial charge in [0.15, 0.2) is 0 Å². The van der Waals surface area contributed by atoms with Crippen molar-refractivity contribution in [1.29, 1.82) is 0 Å². The molecule has 0 nitrogen and oxygen atoms in total. The van der Waals surface area contributed by atoms with Crippen LogP contribution in [0.25, 0.3) is 0 Å². The van der Waals surface area contributed by atoms with Gasteiger partial charge < -0.3 is 0 Å². The summed E-state index contributed by atoms with van der Waals surface area (Å²) in [6.45, 7) is 22.6. The van der Waals surface area contributed by atoms with Crippen LogP contribution in [0.15, 0.2) is 47.7 Å². The highest BCUT2D eigenvalue weighted by atomic mass is 28.3. The van der Waals surface area contributed by atoms with Gasteiger partial charge in [0.25, 0.3) is 0 Å². The highest BCUT2D eigenvalue weighted by molar-refractivity contribution is 6.90. The van der Waals surface area contributed by atoms with Crippen molar-refractivity contribution in [1.82, 2.24) is 0 Å². The van der Waals surface area contributed by atoms with Crippen LogP contribution in [0, 0.1) is 0 Å². The van der Waals surface area contributed by atoms with Gasteiger partial charge >= 0.3 is 0 Å². The molecule has 0 radical (unpaired) electrons. The zero-order valence-electron chi connectivity index (χ0n) is 13.6. The lowest BCUT2D eigenvalue weighted by atomic mass is 10.4. The zero-order valence-corrected chi connectivity index (χ0v) is 15.6. The van der Waals surface area contributed by atoms with E-state index in [0.29, 0.717) is 5.54 Å². The van der Waals surface area contributed by atoms with Crippen LogP contribution in [0.3, 0.4) is 0 Å². The Kier molecular flexibility index (Phi) is 5.02. The molecule has 0 heterocycles. The molecule has 0 N–H and O–H groups in total. The van der Waals surface area contributed by atoms with Crippen molar-refractivity contribution in [3.63, 3.8) is 0 Å². The molecule has 0 aromatic carbocycles. The zero-order chi connectivity index (χ0) is 14.8. The van der Waals surface area contributed by atoms with Gasteiger partial charge in [0.1, 0.15) is 0 Å². The van der Waals surface area contributed by atoms with Gasteiger partial charge in [0.2, 0.25) is 0 Å². The molecular weight excluding hydrogens is 260 g/mol. The lowest BCUT2D eigenvalue weighted by molar-refractivity contribution is 1.16. The largest absolute Gasteiger partial charge is 0.100 e. The molecule has 1 unspecified atom stereocenters. The van der Waals surface area contributed by atoms with E-state index < -0.39 is 16.1 Å². The minimum Gasteiger partial charge on any atom is -0.100 e. The third-order valence-electron chi connectivity index (χ3n) is 4.04. The first-order chi connectivity index (χ1) is 8.56. The lowest BCUT2D eigenvalue weighted by Crippen LogP contribution is -2.40. The Hall–Kier alpha value is -0.606. The van der Waals surface area contributed by atoms with Gasteiger partial charge in [-0.25, -0.2) is 0 Å². The van der Waals surface area contributed by atoms with Crippen LogP contribution in [0.1, 0.15) is 13.8 Å². The average molecular weight is 291 g/mol. The van der Waals surface area contributed by atoms with Gasteiger partial charge in [0.05, 0.1) is 16.1 Å². The van der Waals surface area contributed by atoms with E-state index in [9.17, 15) is 0 Å². The summed E-state index contributed by atoms with van der Waals surface area (Å²) in [7, 11) is -2.66. The van der Waals surface area contributed by atoms with E-state index in [1.54, 1.807) is 5.20 Å². The molecule has 0 saturated carbocycles. The molecule has 2 heteroatoms. The third-order valence-corrected chi connectivity index (χ3v) is 11.6. The second-order valence-electron chi connectivity index (χ2n) is 7.62. The molecule has 19 heavy (non-hydrogen) atoms. The van der Waals surface area contributed by atoms with Crippen molar-refractivity contribution in [2.45, 2.75) is 57.7 Å².